The maximum atomic E-state index is 13.6. The molecule has 3 aromatic heterocycles. The molecular weight excluding hydrogens is 554 g/mol. The van der Waals surface area contributed by atoms with Crippen LogP contribution in [-0.2, 0) is 25.6 Å². The Bertz CT molecular complexity index is 1470. The van der Waals surface area contributed by atoms with Gasteiger partial charge in [0.25, 0.3) is 0 Å². The van der Waals surface area contributed by atoms with E-state index in [1.165, 1.54) is 23.9 Å². The lowest BCUT2D eigenvalue weighted by molar-refractivity contribution is 0.0663. The van der Waals surface area contributed by atoms with Crippen molar-refractivity contribution in [2.45, 2.75) is 44.4 Å². The Kier molecular flexibility index (Phi) is 7.78. The first-order valence-electron chi connectivity index (χ1n) is 11.9. The number of nitrogens with zero attached hydrogens (tertiary/aromatic N) is 3. The Morgan fingerprint density at radius 1 is 1.37 bits per heavy atom. The minimum absolute atomic E-state index is 0.225. The van der Waals surface area contributed by atoms with E-state index in [9.17, 15) is 18.3 Å². The van der Waals surface area contributed by atoms with Gasteiger partial charge in [0.15, 0.2) is 0 Å². The van der Waals surface area contributed by atoms with Gasteiger partial charge in [0, 0.05) is 28.6 Å². The van der Waals surface area contributed by atoms with Gasteiger partial charge in [-0.25, -0.2) is 20.1 Å². The van der Waals surface area contributed by atoms with Crippen molar-refractivity contribution in [3.8, 4) is 0 Å². The molecule has 3 aromatic rings. The van der Waals surface area contributed by atoms with E-state index in [4.69, 9.17) is 21.5 Å². The smallest absolute Gasteiger partial charge is 0.333 e. The highest BCUT2D eigenvalue weighted by Crippen LogP contribution is 2.38. The van der Waals surface area contributed by atoms with Crippen molar-refractivity contribution >= 4 is 44.8 Å². The van der Waals surface area contributed by atoms with E-state index < -0.39 is 28.4 Å². The monoisotopic (exact) mass is 579 g/mol. The van der Waals surface area contributed by atoms with Gasteiger partial charge in [-0.1, -0.05) is 17.7 Å². The minimum atomic E-state index is -4.10. The molecule has 11 nitrogen and oxygen atoms in total. The average Bonchev–Trinajstić information content (AvgIpc) is 3.43. The number of pyridine rings is 1. The first-order chi connectivity index (χ1) is 18.1. The van der Waals surface area contributed by atoms with Crippen molar-refractivity contribution in [1.29, 1.82) is 0 Å². The molecule has 0 spiro atoms. The number of aromatic nitrogens is 3. The molecule has 0 radical (unpaired) electrons. The number of aryl methyl sites for hydroxylation is 1. The van der Waals surface area contributed by atoms with Crippen molar-refractivity contribution in [2.75, 3.05) is 18.5 Å². The normalized spacial score (nSPS) is 23.3. The number of nitrogens with one attached hydrogen (secondary N) is 1. The number of hydrogen-bond acceptors (Lipinski definition) is 11. The molecule has 1 aliphatic carbocycles. The van der Waals surface area contributed by atoms with Crippen LogP contribution in [0.1, 0.15) is 55.9 Å². The minimum Gasteiger partial charge on any atom is -0.393 e. The zero-order valence-electron chi connectivity index (χ0n) is 20.3. The summed E-state index contributed by atoms with van der Waals surface area (Å²) >= 11 is 7.51. The summed E-state index contributed by atoms with van der Waals surface area (Å²) in [6.07, 6.45) is 3.05. The van der Waals surface area contributed by atoms with Crippen LogP contribution in [0.5, 0.6) is 0 Å². The standard InChI is InChI=1S/C24H26ClN5O6S2/c1-12-16(23-21-13(4-5-35-23)2-3-20(25)30-21)8-19(37-12)22(32)17-9-27-11-28-24(17)29-15-6-14(18(31)7-15)10-36-38(26,33)34/h2-3,8-9,11,14-15,18,23,31H,4-7,10H2,1H3,(H2,26,33,34)(H,27,28,29)/t14-,15-,18+,23+/m1/s1. The van der Waals surface area contributed by atoms with Crippen molar-refractivity contribution in [2.24, 2.45) is 11.1 Å². The third kappa shape index (κ3) is 5.88. The second-order valence-corrected chi connectivity index (χ2v) is 12.2. The third-order valence-corrected chi connectivity index (χ3v) is 8.49. The van der Waals surface area contributed by atoms with Crippen LogP contribution >= 0.6 is 22.9 Å². The van der Waals surface area contributed by atoms with Gasteiger partial charge in [0.1, 0.15) is 23.4 Å². The number of aliphatic hydroxyl groups is 1. The van der Waals surface area contributed by atoms with Crippen LogP contribution < -0.4 is 10.5 Å². The number of hydrogen-bond donors (Lipinski definition) is 3. The quantitative estimate of drug-likeness (QED) is 0.266. The highest BCUT2D eigenvalue weighted by Gasteiger charge is 2.35. The fourth-order valence-electron chi connectivity index (χ4n) is 4.91. The van der Waals surface area contributed by atoms with Gasteiger partial charge < -0.3 is 15.2 Å². The maximum Gasteiger partial charge on any atom is 0.333 e. The fourth-order valence-corrected chi connectivity index (χ4v) is 6.43. The average molecular weight is 580 g/mol. The number of nitrogens with two attached hydrogens (primary N) is 1. The summed E-state index contributed by atoms with van der Waals surface area (Å²) in [5, 5.41) is 18.8. The predicted molar refractivity (Wildman–Crippen MR) is 140 cm³/mol. The molecule has 1 saturated carbocycles. The van der Waals surface area contributed by atoms with Gasteiger partial charge in [0.2, 0.25) is 5.78 Å². The van der Waals surface area contributed by atoms with Crippen molar-refractivity contribution < 1.29 is 27.2 Å². The number of fused-ring (bicyclic) bond motifs is 1. The van der Waals surface area contributed by atoms with Crippen LogP contribution in [0, 0.1) is 12.8 Å². The van der Waals surface area contributed by atoms with Crippen LogP contribution in [0.4, 0.5) is 5.82 Å². The van der Waals surface area contributed by atoms with E-state index in [2.05, 4.69) is 24.5 Å². The van der Waals surface area contributed by atoms with Gasteiger partial charge in [-0.05, 0) is 43.9 Å². The first kappa shape index (κ1) is 27.1. The van der Waals surface area contributed by atoms with E-state index in [1.54, 1.807) is 6.07 Å². The highest BCUT2D eigenvalue weighted by atomic mass is 35.5. The molecule has 5 rings (SSSR count). The second-order valence-electron chi connectivity index (χ2n) is 9.33. The Morgan fingerprint density at radius 2 is 2.18 bits per heavy atom. The molecule has 0 aromatic carbocycles. The number of thiophene rings is 1. The number of carbonyl (C=O) groups is 1. The lowest BCUT2D eigenvalue weighted by Gasteiger charge is -2.25. The summed E-state index contributed by atoms with van der Waals surface area (Å²) in [6, 6.07) is 5.28. The number of aliphatic hydroxyl groups excluding tert-OH is 1. The van der Waals surface area contributed by atoms with Crippen molar-refractivity contribution in [3.63, 3.8) is 0 Å². The van der Waals surface area contributed by atoms with Gasteiger partial charge in [-0.3, -0.25) is 8.98 Å². The molecular formula is C24H26ClN5O6S2. The van der Waals surface area contributed by atoms with Crippen LogP contribution in [-0.4, -0.2) is 59.6 Å². The van der Waals surface area contributed by atoms with Crippen molar-refractivity contribution in [3.05, 3.63) is 68.0 Å². The van der Waals surface area contributed by atoms with Crippen LogP contribution in [0.25, 0.3) is 0 Å². The molecule has 4 N–H and O–H groups in total. The molecule has 2 aliphatic rings. The van der Waals surface area contributed by atoms with Crippen LogP contribution in [0.3, 0.4) is 0 Å². The molecule has 1 fully saturated rings. The maximum absolute atomic E-state index is 13.6. The number of anilines is 1. The van der Waals surface area contributed by atoms with Crippen LogP contribution in [0.2, 0.25) is 5.15 Å². The van der Waals surface area contributed by atoms with Gasteiger partial charge in [-0.2, -0.15) is 8.42 Å². The summed E-state index contributed by atoms with van der Waals surface area (Å²) in [4.78, 5) is 27.8. The van der Waals surface area contributed by atoms with E-state index in [0.29, 0.717) is 35.3 Å². The Labute approximate surface area is 228 Å². The summed E-state index contributed by atoms with van der Waals surface area (Å²) in [6.45, 7) is 2.25. The molecule has 0 bridgehead atoms. The second kappa shape index (κ2) is 10.9. The summed E-state index contributed by atoms with van der Waals surface area (Å²) in [5.74, 6) is -0.361. The van der Waals surface area contributed by atoms with Gasteiger partial charge in [-0.15, -0.1) is 11.3 Å². The Morgan fingerprint density at radius 3 is 2.97 bits per heavy atom. The number of rotatable bonds is 8. The lowest BCUT2D eigenvalue weighted by atomic mass is 9.98. The summed E-state index contributed by atoms with van der Waals surface area (Å²) in [5.41, 5.74) is 2.97. The van der Waals surface area contributed by atoms with E-state index in [0.717, 1.165) is 28.1 Å². The topological polar surface area (TPSA) is 167 Å². The zero-order valence-corrected chi connectivity index (χ0v) is 22.7. The third-order valence-electron chi connectivity index (χ3n) is 6.75. The molecule has 1 aliphatic heterocycles. The van der Waals surface area contributed by atoms with E-state index in [1.807, 2.05) is 19.1 Å². The largest absolute Gasteiger partial charge is 0.393 e. The number of ketones is 1. The fraction of sp³-hybridized carbons (Fsp3) is 0.417. The number of ether oxygens (including phenoxy) is 1. The molecule has 4 atom stereocenters. The lowest BCUT2D eigenvalue weighted by Crippen LogP contribution is -2.24. The molecule has 0 saturated heterocycles. The summed E-state index contributed by atoms with van der Waals surface area (Å²) < 4.78 is 32.9. The molecule has 4 heterocycles. The van der Waals surface area contributed by atoms with E-state index in [-0.39, 0.29) is 24.0 Å². The molecule has 38 heavy (non-hydrogen) atoms. The summed E-state index contributed by atoms with van der Waals surface area (Å²) in [7, 11) is -4.10. The Balaban J connectivity index is 1.35. The van der Waals surface area contributed by atoms with Crippen molar-refractivity contribution in [1.82, 2.24) is 15.0 Å². The molecule has 202 valence electrons. The first-order valence-corrected chi connectivity index (χ1v) is 14.6. The van der Waals surface area contributed by atoms with E-state index >= 15 is 0 Å². The Hall–Kier alpha value is -2.52. The predicted octanol–water partition coefficient (Wildman–Crippen LogP) is 2.56. The number of carbonyl (C=O) groups excluding carboxylic acids is 1. The molecule has 0 amide bonds. The molecule has 0 unspecified atom stereocenters. The SMILES string of the molecule is Cc1sc(C(=O)c2cncnc2N[C@@H]2C[C@H](COS(N)(=O)=O)[C@@H](O)C2)cc1[C@@H]1OCCc2ccc(Cl)nc21. The van der Waals surface area contributed by atoms with Crippen LogP contribution in [0.15, 0.2) is 30.7 Å². The number of halogens is 1. The molecule has 14 heteroatoms. The zero-order chi connectivity index (χ0) is 27.0. The van der Waals surface area contributed by atoms with Gasteiger partial charge in [0.05, 0.1) is 35.5 Å². The highest BCUT2D eigenvalue weighted by molar-refractivity contribution is 7.84. The van der Waals surface area contributed by atoms with Gasteiger partial charge >= 0.3 is 10.3 Å².